The Morgan fingerprint density at radius 3 is 2.52 bits per heavy atom. The summed E-state index contributed by atoms with van der Waals surface area (Å²) >= 11 is 0. The quantitative estimate of drug-likeness (QED) is 0.720. The molecule has 3 aromatic rings. The SMILES string of the molecule is O=C(c1cccnc1)N1CCc2ncnc(-c3cccnc3)c2CC1. The first-order chi connectivity index (χ1) is 12.3. The van der Waals surface area contributed by atoms with Crippen LogP contribution in [0.25, 0.3) is 11.3 Å². The van der Waals surface area contributed by atoms with Crippen LogP contribution in [0.3, 0.4) is 0 Å². The normalized spacial score (nSPS) is 13.8. The van der Waals surface area contributed by atoms with Crippen molar-refractivity contribution < 1.29 is 4.79 Å². The molecule has 3 aromatic heterocycles. The molecule has 0 spiro atoms. The summed E-state index contributed by atoms with van der Waals surface area (Å²) in [6.07, 6.45) is 9.89. The highest BCUT2D eigenvalue weighted by atomic mass is 16.2. The van der Waals surface area contributed by atoms with Crippen LogP contribution in [0.1, 0.15) is 21.6 Å². The monoisotopic (exact) mass is 331 g/mol. The Kier molecular flexibility index (Phi) is 4.16. The Hall–Kier alpha value is -3.15. The van der Waals surface area contributed by atoms with Gasteiger partial charge in [0.05, 0.1) is 11.3 Å². The van der Waals surface area contributed by atoms with Crippen molar-refractivity contribution in [3.8, 4) is 11.3 Å². The summed E-state index contributed by atoms with van der Waals surface area (Å²) in [4.78, 5) is 31.7. The fourth-order valence-electron chi connectivity index (χ4n) is 3.15. The van der Waals surface area contributed by atoms with Gasteiger partial charge in [0.2, 0.25) is 0 Å². The van der Waals surface area contributed by atoms with Crippen molar-refractivity contribution in [2.24, 2.45) is 0 Å². The van der Waals surface area contributed by atoms with E-state index in [1.54, 1.807) is 37.1 Å². The third-order valence-electron chi connectivity index (χ3n) is 4.42. The predicted octanol–water partition coefficient (Wildman–Crippen LogP) is 2.17. The van der Waals surface area contributed by atoms with Crippen LogP contribution in [0.5, 0.6) is 0 Å². The maximum atomic E-state index is 12.7. The van der Waals surface area contributed by atoms with Crippen LogP contribution in [0.4, 0.5) is 0 Å². The zero-order chi connectivity index (χ0) is 17.1. The summed E-state index contributed by atoms with van der Waals surface area (Å²) in [7, 11) is 0. The minimum absolute atomic E-state index is 0.0109. The van der Waals surface area contributed by atoms with Gasteiger partial charge in [-0.1, -0.05) is 0 Å². The van der Waals surface area contributed by atoms with Gasteiger partial charge in [0, 0.05) is 61.1 Å². The highest BCUT2D eigenvalue weighted by molar-refractivity contribution is 5.94. The lowest BCUT2D eigenvalue weighted by molar-refractivity contribution is 0.0762. The number of fused-ring (bicyclic) bond motifs is 1. The molecule has 0 bridgehead atoms. The lowest BCUT2D eigenvalue weighted by Gasteiger charge is -2.19. The number of carbonyl (C=O) groups is 1. The second-order valence-corrected chi connectivity index (χ2v) is 5.92. The number of rotatable bonds is 2. The molecular weight excluding hydrogens is 314 g/mol. The van der Waals surface area contributed by atoms with E-state index in [1.165, 1.54) is 0 Å². The van der Waals surface area contributed by atoms with Crippen molar-refractivity contribution in [3.63, 3.8) is 0 Å². The Labute approximate surface area is 145 Å². The van der Waals surface area contributed by atoms with Crippen LogP contribution in [-0.4, -0.2) is 43.8 Å². The third kappa shape index (κ3) is 3.10. The van der Waals surface area contributed by atoms with Crippen LogP contribution in [0, 0.1) is 0 Å². The molecule has 0 saturated heterocycles. The number of hydrogen-bond donors (Lipinski definition) is 0. The minimum Gasteiger partial charge on any atom is -0.338 e. The Morgan fingerprint density at radius 1 is 0.960 bits per heavy atom. The van der Waals surface area contributed by atoms with Crippen molar-refractivity contribution >= 4 is 5.91 Å². The molecule has 0 atom stereocenters. The predicted molar refractivity (Wildman–Crippen MR) is 92.8 cm³/mol. The van der Waals surface area contributed by atoms with E-state index >= 15 is 0 Å². The molecule has 124 valence electrons. The summed E-state index contributed by atoms with van der Waals surface area (Å²) in [6.45, 7) is 1.28. The Balaban J connectivity index is 1.61. The molecule has 1 amide bonds. The summed E-state index contributed by atoms with van der Waals surface area (Å²) in [5, 5.41) is 0. The molecule has 1 aliphatic heterocycles. The number of carbonyl (C=O) groups excluding carboxylic acids is 1. The second-order valence-electron chi connectivity index (χ2n) is 5.92. The smallest absolute Gasteiger partial charge is 0.255 e. The van der Waals surface area contributed by atoms with Crippen molar-refractivity contribution in [3.05, 3.63) is 72.2 Å². The highest BCUT2D eigenvalue weighted by Crippen LogP contribution is 2.25. The van der Waals surface area contributed by atoms with Gasteiger partial charge in [0.15, 0.2) is 0 Å². The van der Waals surface area contributed by atoms with Gasteiger partial charge in [-0.2, -0.15) is 0 Å². The van der Waals surface area contributed by atoms with Gasteiger partial charge in [-0.25, -0.2) is 9.97 Å². The average Bonchev–Trinajstić information content (AvgIpc) is 2.91. The Morgan fingerprint density at radius 2 is 1.76 bits per heavy atom. The van der Waals surface area contributed by atoms with Crippen LogP contribution >= 0.6 is 0 Å². The number of hydrogen-bond acceptors (Lipinski definition) is 5. The summed E-state index contributed by atoms with van der Waals surface area (Å²) in [5.41, 5.74) is 4.63. The first kappa shape index (κ1) is 15.4. The average molecular weight is 331 g/mol. The molecule has 0 fully saturated rings. The van der Waals surface area contributed by atoms with Gasteiger partial charge in [0.1, 0.15) is 6.33 Å². The summed E-state index contributed by atoms with van der Waals surface area (Å²) < 4.78 is 0. The standard InChI is InChI=1S/C19H17N5O/c25-19(15-4-2-8-21-12-15)24-9-5-16-17(6-10-24)22-13-23-18(16)14-3-1-7-20-11-14/h1-4,7-8,11-13H,5-6,9-10H2. The van der Waals surface area contributed by atoms with Crippen molar-refractivity contribution in [1.82, 2.24) is 24.8 Å². The molecule has 0 aliphatic carbocycles. The van der Waals surface area contributed by atoms with E-state index in [2.05, 4.69) is 19.9 Å². The molecule has 0 saturated carbocycles. The summed E-state index contributed by atoms with van der Waals surface area (Å²) in [5.74, 6) is 0.0109. The molecule has 0 aromatic carbocycles. The molecule has 0 N–H and O–H groups in total. The van der Waals surface area contributed by atoms with E-state index in [0.29, 0.717) is 18.7 Å². The molecule has 0 radical (unpaired) electrons. The van der Waals surface area contributed by atoms with E-state index in [1.807, 2.05) is 23.2 Å². The number of aromatic nitrogens is 4. The van der Waals surface area contributed by atoms with E-state index in [0.717, 1.165) is 35.4 Å². The lowest BCUT2D eigenvalue weighted by atomic mass is 10.0. The molecule has 6 nitrogen and oxygen atoms in total. The van der Waals surface area contributed by atoms with Crippen molar-refractivity contribution in [2.45, 2.75) is 12.8 Å². The van der Waals surface area contributed by atoms with Crippen LogP contribution in [-0.2, 0) is 12.8 Å². The molecule has 25 heavy (non-hydrogen) atoms. The van der Waals surface area contributed by atoms with E-state index in [-0.39, 0.29) is 5.91 Å². The zero-order valence-electron chi connectivity index (χ0n) is 13.7. The molecule has 4 heterocycles. The maximum Gasteiger partial charge on any atom is 0.255 e. The minimum atomic E-state index is 0.0109. The highest BCUT2D eigenvalue weighted by Gasteiger charge is 2.23. The van der Waals surface area contributed by atoms with Crippen LogP contribution in [0.15, 0.2) is 55.4 Å². The third-order valence-corrected chi connectivity index (χ3v) is 4.42. The number of pyridine rings is 2. The number of amides is 1. The maximum absolute atomic E-state index is 12.7. The molecule has 6 heteroatoms. The van der Waals surface area contributed by atoms with Crippen LogP contribution in [0.2, 0.25) is 0 Å². The zero-order valence-corrected chi connectivity index (χ0v) is 13.7. The van der Waals surface area contributed by atoms with Crippen LogP contribution < -0.4 is 0 Å². The van der Waals surface area contributed by atoms with Gasteiger partial charge < -0.3 is 4.90 Å². The van der Waals surface area contributed by atoms with E-state index in [9.17, 15) is 4.79 Å². The van der Waals surface area contributed by atoms with E-state index in [4.69, 9.17) is 0 Å². The van der Waals surface area contributed by atoms with Gasteiger partial charge in [0.25, 0.3) is 5.91 Å². The fraction of sp³-hybridized carbons (Fsp3) is 0.211. The van der Waals surface area contributed by atoms with Crippen molar-refractivity contribution in [2.75, 3.05) is 13.1 Å². The van der Waals surface area contributed by atoms with Gasteiger partial charge in [-0.05, 0) is 30.7 Å². The molecule has 0 unspecified atom stereocenters. The Bertz CT molecular complexity index is 883. The first-order valence-corrected chi connectivity index (χ1v) is 8.25. The fourth-order valence-corrected chi connectivity index (χ4v) is 3.15. The topological polar surface area (TPSA) is 71.9 Å². The molecule has 4 rings (SSSR count). The van der Waals surface area contributed by atoms with E-state index < -0.39 is 0 Å². The van der Waals surface area contributed by atoms with Crippen molar-refractivity contribution in [1.29, 1.82) is 0 Å². The molecule has 1 aliphatic rings. The van der Waals surface area contributed by atoms with Gasteiger partial charge in [-0.3, -0.25) is 14.8 Å². The molecular formula is C19H17N5O. The largest absolute Gasteiger partial charge is 0.338 e. The second kappa shape index (κ2) is 6.76. The first-order valence-electron chi connectivity index (χ1n) is 8.25. The summed E-state index contributed by atoms with van der Waals surface area (Å²) in [6, 6.07) is 7.48. The lowest BCUT2D eigenvalue weighted by Crippen LogP contribution is -2.33. The van der Waals surface area contributed by atoms with Gasteiger partial charge >= 0.3 is 0 Å². The number of nitrogens with zero attached hydrogens (tertiary/aromatic N) is 5. The van der Waals surface area contributed by atoms with Gasteiger partial charge in [-0.15, -0.1) is 0 Å².